The van der Waals surface area contributed by atoms with Crippen LogP contribution in [0, 0.1) is 6.92 Å². The summed E-state index contributed by atoms with van der Waals surface area (Å²) < 4.78 is 15.6. The third-order valence-electron chi connectivity index (χ3n) is 3.72. The van der Waals surface area contributed by atoms with Crippen LogP contribution in [0.5, 0.6) is 11.5 Å². The van der Waals surface area contributed by atoms with Gasteiger partial charge in [0.15, 0.2) is 6.10 Å². The third-order valence-corrected chi connectivity index (χ3v) is 4.13. The average molecular weight is 378 g/mol. The first-order valence-electron chi connectivity index (χ1n) is 7.86. The van der Waals surface area contributed by atoms with Crippen LogP contribution < -0.4 is 14.8 Å². The Hall–Kier alpha value is -2.73. The number of carbonyl (C=O) groups excluding carboxylic acids is 2. The highest BCUT2D eigenvalue weighted by molar-refractivity contribution is 6.31. The van der Waals surface area contributed by atoms with Gasteiger partial charge in [0, 0.05) is 10.7 Å². The van der Waals surface area contributed by atoms with Gasteiger partial charge in [-0.2, -0.15) is 0 Å². The van der Waals surface area contributed by atoms with Gasteiger partial charge in [-0.15, -0.1) is 0 Å². The van der Waals surface area contributed by atoms with Crippen LogP contribution in [-0.2, 0) is 9.53 Å². The summed E-state index contributed by atoms with van der Waals surface area (Å²) >= 11 is 6.04. The van der Waals surface area contributed by atoms with Crippen molar-refractivity contribution in [2.24, 2.45) is 0 Å². The van der Waals surface area contributed by atoms with Crippen molar-refractivity contribution in [3.63, 3.8) is 0 Å². The first kappa shape index (κ1) is 19.6. The van der Waals surface area contributed by atoms with E-state index < -0.39 is 18.0 Å². The largest absolute Gasteiger partial charge is 0.496 e. The number of aryl methyl sites for hydroxylation is 1. The van der Waals surface area contributed by atoms with Crippen molar-refractivity contribution >= 4 is 29.2 Å². The number of amides is 1. The van der Waals surface area contributed by atoms with Crippen LogP contribution in [0.4, 0.5) is 5.69 Å². The zero-order valence-corrected chi connectivity index (χ0v) is 15.7. The monoisotopic (exact) mass is 377 g/mol. The van der Waals surface area contributed by atoms with Gasteiger partial charge in [0.25, 0.3) is 5.91 Å². The molecule has 0 saturated carbocycles. The van der Waals surface area contributed by atoms with Crippen LogP contribution in [0.1, 0.15) is 22.8 Å². The zero-order valence-electron chi connectivity index (χ0n) is 15.0. The van der Waals surface area contributed by atoms with Gasteiger partial charge in [-0.05, 0) is 43.7 Å². The highest BCUT2D eigenvalue weighted by Crippen LogP contribution is 2.29. The lowest BCUT2D eigenvalue weighted by molar-refractivity contribution is -0.123. The van der Waals surface area contributed by atoms with Crippen LogP contribution in [0.25, 0.3) is 0 Å². The summed E-state index contributed by atoms with van der Waals surface area (Å²) in [6.07, 6.45) is -1.03. The minimum Gasteiger partial charge on any atom is -0.496 e. The molecule has 0 spiro atoms. The van der Waals surface area contributed by atoms with Gasteiger partial charge in [0.2, 0.25) is 0 Å². The van der Waals surface area contributed by atoms with Gasteiger partial charge >= 0.3 is 5.97 Å². The van der Waals surface area contributed by atoms with Crippen LogP contribution in [0.2, 0.25) is 5.02 Å². The summed E-state index contributed by atoms with van der Waals surface area (Å²) in [5.74, 6) is -0.601. The molecule has 2 rings (SSSR count). The summed E-state index contributed by atoms with van der Waals surface area (Å²) in [5.41, 5.74) is 1.53. The molecule has 26 heavy (non-hydrogen) atoms. The van der Waals surface area contributed by atoms with Crippen LogP contribution in [-0.4, -0.2) is 32.2 Å². The highest BCUT2D eigenvalue weighted by atomic mass is 35.5. The standard InChI is InChI=1S/C19H20ClNO5/c1-11-8-9-13(10-14(11)20)21-18(22)12(2)26-19(23)17-15(24-3)6-5-7-16(17)25-4/h5-10,12H,1-4H3,(H,21,22)/t12-/m1/s1. The Morgan fingerprint density at radius 1 is 1.08 bits per heavy atom. The molecule has 0 bridgehead atoms. The fourth-order valence-electron chi connectivity index (χ4n) is 2.24. The quantitative estimate of drug-likeness (QED) is 0.774. The van der Waals surface area contributed by atoms with Crippen molar-refractivity contribution in [3.8, 4) is 11.5 Å². The van der Waals surface area contributed by atoms with E-state index in [2.05, 4.69) is 5.32 Å². The minimum atomic E-state index is -1.03. The highest BCUT2D eigenvalue weighted by Gasteiger charge is 2.24. The normalized spacial score (nSPS) is 11.4. The van der Waals surface area contributed by atoms with Crippen molar-refractivity contribution in [1.29, 1.82) is 0 Å². The molecule has 2 aromatic rings. The first-order valence-corrected chi connectivity index (χ1v) is 8.24. The van der Waals surface area contributed by atoms with Crippen LogP contribution >= 0.6 is 11.6 Å². The average Bonchev–Trinajstić information content (AvgIpc) is 2.63. The Morgan fingerprint density at radius 3 is 2.23 bits per heavy atom. The molecule has 0 unspecified atom stereocenters. The summed E-state index contributed by atoms with van der Waals surface area (Å²) in [7, 11) is 2.87. The lowest BCUT2D eigenvalue weighted by Gasteiger charge is -2.16. The van der Waals surface area contributed by atoms with E-state index in [4.69, 9.17) is 25.8 Å². The fraction of sp³-hybridized carbons (Fsp3) is 0.263. The number of esters is 1. The number of ether oxygens (including phenoxy) is 3. The number of benzene rings is 2. The van der Waals surface area contributed by atoms with Gasteiger partial charge < -0.3 is 19.5 Å². The molecule has 0 aliphatic heterocycles. The Bertz CT molecular complexity index is 799. The molecule has 0 aliphatic rings. The van der Waals surface area contributed by atoms with E-state index in [1.54, 1.807) is 36.4 Å². The second kappa shape index (κ2) is 8.58. The molecule has 0 aliphatic carbocycles. The number of halogens is 1. The number of methoxy groups -OCH3 is 2. The molecule has 0 heterocycles. The molecule has 0 aromatic heterocycles. The smallest absolute Gasteiger partial charge is 0.346 e. The number of carbonyl (C=O) groups is 2. The van der Waals surface area contributed by atoms with E-state index in [0.29, 0.717) is 22.2 Å². The third kappa shape index (κ3) is 4.46. The topological polar surface area (TPSA) is 73.9 Å². The van der Waals surface area contributed by atoms with E-state index in [0.717, 1.165) is 5.56 Å². The summed E-state index contributed by atoms with van der Waals surface area (Å²) in [5, 5.41) is 3.19. The number of hydrogen-bond acceptors (Lipinski definition) is 5. The van der Waals surface area contributed by atoms with E-state index in [1.165, 1.54) is 21.1 Å². The summed E-state index contributed by atoms with van der Waals surface area (Å²) in [6.45, 7) is 3.34. The van der Waals surface area contributed by atoms with Gasteiger partial charge in [0.05, 0.1) is 14.2 Å². The Balaban J connectivity index is 2.11. The van der Waals surface area contributed by atoms with Crippen molar-refractivity contribution in [2.45, 2.75) is 20.0 Å². The Labute approximate surface area is 157 Å². The summed E-state index contributed by atoms with van der Waals surface area (Å²) in [4.78, 5) is 24.8. The Morgan fingerprint density at radius 2 is 1.69 bits per heavy atom. The molecule has 1 amide bonds. The van der Waals surface area contributed by atoms with Crippen molar-refractivity contribution in [2.75, 3.05) is 19.5 Å². The summed E-state index contributed by atoms with van der Waals surface area (Å²) in [6, 6.07) is 10.0. The van der Waals surface area contributed by atoms with E-state index >= 15 is 0 Å². The molecular weight excluding hydrogens is 358 g/mol. The number of hydrogen-bond donors (Lipinski definition) is 1. The molecule has 0 saturated heterocycles. The minimum absolute atomic E-state index is 0.121. The second-order valence-electron chi connectivity index (χ2n) is 5.54. The van der Waals surface area contributed by atoms with E-state index in [-0.39, 0.29) is 5.56 Å². The zero-order chi connectivity index (χ0) is 19.3. The maximum absolute atomic E-state index is 12.5. The van der Waals surface area contributed by atoms with E-state index in [9.17, 15) is 9.59 Å². The molecule has 1 N–H and O–H groups in total. The van der Waals surface area contributed by atoms with Crippen LogP contribution in [0.15, 0.2) is 36.4 Å². The molecular formula is C19H20ClNO5. The maximum Gasteiger partial charge on any atom is 0.346 e. The predicted octanol–water partition coefficient (Wildman–Crippen LogP) is 3.85. The SMILES string of the molecule is COc1cccc(OC)c1C(=O)O[C@H](C)C(=O)Nc1ccc(C)c(Cl)c1. The molecule has 7 heteroatoms. The molecule has 138 valence electrons. The lowest BCUT2D eigenvalue weighted by Crippen LogP contribution is -2.30. The lowest BCUT2D eigenvalue weighted by atomic mass is 10.1. The van der Waals surface area contributed by atoms with Gasteiger partial charge in [0.1, 0.15) is 17.1 Å². The number of anilines is 1. The predicted molar refractivity (Wildman–Crippen MR) is 99.2 cm³/mol. The second-order valence-corrected chi connectivity index (χ2v) is 5.95. The fourth-order valence-corrected chi connectivity index (χ4v) is 2.42. The maximum atomic E-state index is 12.5. The molecule has 6 nitrogen and oxygen atoms in total. The van der Waals surface area contributed by atoms with Crippen LogP contribution in [0.3, 0.4) is 0 Å². The van der Waals surface area contributed by atoms with Crippen molar-refractivity contribution < 1.29 is 23.8 Å². The number of rotatable bonds is 6. The first-order chi connectivity index (χ1) is 12.4. The Kier molecular flexibility index (Phi) is 6.46. The van der Waals surface area contributed by atoms with Gasteiger partial charge in [-0.3, -0.25) is 4.79 Å². The molecule has 1 atom stereocenters. The molecule has 0 radical (unpaired) electrons. The van der Waals surface area contributed by atoms with E-state index in [1.807, 2.05) is 6.92 Å². The van der Waals surface area contributed by atoms with Gasteiger partial charge in [-0.1, -0.05) is 23.7 Å². The molecule has 2 aromatic carbocycles. The van der Waals surface area contributed by atoms with Crippen molar-refractivity contribution in [3.05, 3.63) is 52.5 Å². The number of nitrogens with one attached hydrogen (secondary N) is 1. The van der Waals surface area contributed by atoms with Crippen molar-refractivity contribution in [1.82, 2.24) is 0 Å². The molecule has 0 fully saturated rings. The van der Waals surface area contributed by atoms with Gasteiger partial charge in [-0.25, -0.2) is 4.79 Å².